The van der Waals surface area contributed by atoms with Crippen LogP contribution in [-0.4, -0.2) is 12.9 Å². The van der Waals surface area contributed by atoms with Crippen molar-refractivity contribution in [2.45, 2.75) is 12.3 Å². The van der Waals surface area contributed by atoms with Gasteiger partial charge in [-0.1, -0.05) is 42.5 Å². The molecule has 3 nitrogen and oxygen atoms in total. The molecule has 0 aliphatic carbocycles. The highest BCUT2D eigenvalue weighted by Crippen LogP contribution is 2.21. The second-order valence-corrected chi connectivity index (χ2v) is 4.46. The minimum Gasteiger partial charge on any atom is -0.497 e. The predicted molar refractivity (Wildman–Crippen MR) is 76.5 cm³/mol. The van der Waals surface area contributed by atoms with Crippen molar-refractivity contribution in [2.75, 3.05) is 7.11 Å². The lowest BCUT2D eigenvalue weighted by Crippen LogP contribution is -2.13. The molecule has 0 bridgehead atoms. The summed E-state index contributed by atoms with van der Waals surface area (Å²) in [5.74, 6) is -0.120. The average molecular weight is 265 g/mol. The van der Waals surface area contributed by atoms with E-state index in [2.05, 4.69) is 6.07 Å². The Hall–Kier alpha value is -2.60. The van der Waals surface area contributed by atoms with Crippen LogP contribution in [0.5, 0.6) is 5.75 Å². The van der Waals surface area contributed by atoms with Gasteiger partial charge in [0.15, 0.2) is 5.78 Å². The topological polar surface area (TPSA) is 50.1 Å². The van der Waals surface area contributed by atoms with Gasteiger partial charge in [-0.3, -0.25) is 4.79 Å². The van der Waals surface area contributed by atoms with E-state index in [4.69, 9.17) is 4.74 Å². The first-order valence-corrected chi connectivity index (χ1v) is 6.35. The Kier molecular flexibility index (Phi) is 4.52. The highest BCUT2D eigenvalue weighted by Gasteiger charge is 2.20. The van der Waals surface area contributed by atoms with E-state index in [-0.39, 0.29) is 12.2 Å². The molecule has 0 spiro atoms. The van der Waals surface area contributed by atoms with Crippen LogP contribution in [0.2, 0.25) is 0 Å². The van der Waals surface area contributed by atoms with E-state index in [1.807, 2.05) is 30.3 Å². The molecule has 0 N–H and O–H groups in total. The third-order valence-corrected chi connectivity index (χ3v) is 3.12. The molecule has 0 saturated carbocycles. The Bertz CT molecular complexity index is 612. The molecule has 0 aliphatic heterocycles. The Morgan fingerprint density at radius 1 is 1.15 bits per heavy atom. The van der Waals surface area contributed by atoms with Crippen LogP contribution in [0.3, 0.4) is 0 Å². The summed E-state index contributed by atoms with van der Waals surface area (Å²) in [7, 11) is 1.58. The fourth-order valence-corrected chi connectivity index (χ4v) is 2.03. The summed E-state index contributed by atoms with van der Waals surface area (Å²) in [6, 6.07) is 18.6. The van der Waals surface area contributed by atoms with Crippen LogP contribution >= 0.6 is 0 Å². The van der Waals surface area contributed by atoms with Crippen LogP contribution in [0.1, 0.15) is 17.0 Å². The maximum Gasteiger partial charge on any atom is 0.158 e. The molecular formula is C17H15NO2. The summed E-state index contributed by atoms with van der Waals surface area (Å²) < 4.78 is 5.07. The minimum atomic E-state index is -0.735. The van der Waals surface area contributed by atoms with Crippen molar-refractivity contribution in [3.8, 4) is 11.8 Å². The quantitative estimate of drug-likeness (QED) is 0.834. The van der Waals surface area contributed by atoms with Gasteiger partial charge in [0, 0.05) is 6.42 Å². The summed E-state index contributed by atoms with van der Waals surface area (Å²) in [5, 5.41) is 9.25. The summed E-state index contributed by atoms with van der Waals surface area (Å²) in [4.78, 5) is 12.2. The number of nitrogens with zero attached hydrogens (tertiary/aromatic N) is 1. The van der Waals surface area contributed by atoms with Crippen molar-refractivity contribution in [3.05, 3.63) is 65.7 Å². The molecule has 0 heterocycles. The van der Waals surface area contributed by atoms with Gasteiger partial charge in [-0.15, -0.1) is 0 Å². The normalized spacial score (nSPS) is 11.4. The molecule has 2 aromatic rings. The maximum atomic E-state index is 12.2. The number of rotatable bonds is 5. The number of ether oxygens (including phenoxy) is 1. The third-order valence-electron chi connectivity index (χ3n) is 3.12. The number of methoxy groups -OCH3 is 1. The number of ketones is 1. The van der Waals surface area contributed by atoms with Gasteiger partial charge >= 0.3 is 0 Å². The van der Waals surface area contributed by atoms with E-state index in [0.717, 1.165) is 5.56 Å². The van der Waals surface area contributed by atoms with Crippen molar-refractivity contribution >= 4 is 5.78 Å². The van der Waals surface area contributed by atoms with Crippen molar-refractivity contribution in [2.24, 2.45) is 0 Å². The monoisotopic (exact) mass is 265 g/mol. The van der Waals surface area contributed by atoms with Crippen molar-refractivity contribution in [1.82, 2.24) is 0 Å². The zero-order valence-corrected chi connectivity index (χ0v) is 11.2. The van der Waals surface area contributed by atoms with E-state index in [1.165, 1.54) is 0 Å². The molecule has 2 rings (SSSR count). The summed E-state index contributed by atoms with van der Waals surface area (Å²) >= 11 is 0. The third kappa shape index (κ3) is 3.24. The SMILES string of the molecule is COc1ccc(C(C#N)C(=O)Cc2ccccc2)cc1. The molecule has 1 atom stereocenters. The van der Waals surface area contributed by atoms with Crippen molar-refractivity contribution in [3.63, 3.8) is 0 Å². The lowest BCUT2D eigenvalue weighted by molar-refractivity contribution is -0.118. The van der Waals surface area contributed by atoms with Crippen molar-refractivity contribution < 1.29 is 9.53 Å². The number of carbonyl (C=O) groups excluding carboxylic acids is 1. The Morgan fingerprint density at radius 3 is 2.35 bits per heavy atom. The number of benzene rings is 2. The Morgan fingerprint density at radius 2 is 1.80 bits per heavy atom. The number of carbonyl (C=O) groups is 1. The molecule has 0 saturated heterocycles. The maximum absolute atomic E-state index is 12.2. The highest BCUT2D eigenvalue weighted by molar-refractivity contribution is 5.90. The molecule has 20 heavy (non-hydrogen) atoms. The second-order valence-electron chi connectivity index (χ2n) is 4.46. The summed E-state index contributed by atoms with van der Waals surface area (Å²) in [6.45, 7) is 0. The van der Waals surface area contributed by atoms with Crippen LogP contribution in [-0.2, 0) is 11.2 Å². The highest BCUT2D eigenvalue weighted by atomic mass is 16.5. The van der Waals surface area contributed by atoms with Gasteiger partial charge in [-0.25, -0.2) is 0 Å². The van der Waals surface area contributed by atoms with Crippen LogP contribution in [0.25, 0.3) is 0 Å². The van der Waals surface area contributed by atoms with Gasteiger partial charge in [0.25, 0.3) is 0 Å². The van der Waals surface area contributed by atoms with Crippen LogP contribution in [0.4, 0.5) is 0 Å². The Balaban J connectivity index is 2.15. The lowest BCUT2D eigenvalue weighted by atomic mass is 9.92. The fourth-order valence-electron chi connectivity index (χ4n) is 2.03. The van der Waals surface area contributed by atoms with Gasteiger partial charge in [-0.05, 0) is 23.3 Å². The first-order chi connectivity index (χ1) is 9.74. The van der Waals surface area contributed by atoms with Gasteiger partial charge in [0.2, 0.25) is 0 Å². The fraction of sp³-hybridized carbons (Fsp3) is 0.176. The largest absolute Gasteiger partial charge is 0.497 e. The molecule has 3 heteroatoms. The van der Waals surface area contributed by atoms with Crippen molar-refractivity contribution in [1.29, 1.82) is 5.26 Å². The predicted octanol–water partition coefficient (Wildman–Crippen LogP) is 3.11. The van der Waals surface area contributed by atoms with E-state index in [0.29, 0.717) is 11.3 Å². The molecule has 0 radical (unpaired) electrons. The zero-order chi connectivity index (χ0) is 14.4. The average Bonchev–Trinajstić information content (AvgIpc) is 2.49. The van der Waals surface area contributed by atoms with Gasteiger partial charge in [-0.2, -0.15) is 5.26 Å². The first kappa shape index (κ1) is 13.8. The van der Waals surface area contributed by atoms with E-state index >= 15 is 0 Å². The molecule has 2 aromatic carbocycles. The first-order valence-electron chi connectivity index (χ1n) is 6.35. The molecule has 1 unspecified atom stereocenters. The Labute approximate surface area is 118 Å². The number of hydrogen-bond acceptors (Lipinski definition) is 3. The smallest absolute Gasteiger partial charge is 0.158 e. The van der Waals surface area contributed by atoms with E-state index < -0.39 is 5.92 Å². The van der Waals surface area contributed by atoms with Crippen LogP contribution in [0.15, 0.2) is 54.6 Å². The van der Waals surface area contributed by atoms with E-state index in [1.54, 1.807) is 31.4 Å². The summed E-state index contributed by atoms with van der Waals surface area (Å²) in [6.07, 6.45) is 0.269. The molecular weight excluding hydrogens is 250 g/mol. The molecule has 0 fully saturated rings. The van der Waals surface area contributed by atoms with Gasteiger partial charge in [0.05, 0.1) is 13.2 Å². The van der Waals surface area contributed by atoms with Crippen LogP contribution in [0, 0.1) is 11.3 Å². The molecule has 0 aromatic heterocycles. The standard InChI is InChI=1S/C17H15NO2/c1-20-15-9-7-14(8-10-15)16(12-18)17(19)11-13-5-3-2-4-6-13/h2-10,16H,11H2,1H3. The van der Waals surface area contributed by atoms with Gasteiger partial charge in [0.1, 0.15) is 11.7 Å². The molecule has 0 amide bonds. The van der Waals surface area contributed by atoms with Gasteiger partial charge < -0.3 is 4.74 Å². The molecule has 0 aliphatic rings. The lowest BCUT2D eigenvalue weighted by Gasteiger charge is -2.09. The number of hydrogen-bond donors (Lipinski definition) is 0. The number of Topliss-reactive ketones (excluding diaryl/α,β-unsaturated/α-hetero) is 1. The minimum absolute atomic E-state index is 0.0936. The van der Waals surface area contributed by atoms with Crippen LogP contribution < -0.4 is 4.74 Å². The molecule has 100 valence electrons. The van der Waals surface area contributed by atoms with E-state index in [9.17, 15) is 10.1 Å². The second kappa shape index (κ2) is 6.53. The number of nitriles is 1. The zero-order valence-electron chi connectivity index (χ0n) is 11.2. The summed E-state index contributed by atoms with van der Waals surface area (Å²) in [5.41, 5.74) is 1.63.